The summed E-state index contributed by atoms with van der Waals surface area (Å²) in [5, 5.41) is 6.91. The summed E-state index contributed by atoms with van der Waals surface area (Å²) in [5.41, 5.74) is 6.02. The van der Waals surface area contributed by atoms with E-state index < -0.39 is 5.91 Å². The Kier molecular flexibility index (Phi) is 3.81. The Labute approximate surface area is 153 Å². The van der Waals surface area contributed by atoms with Crippen LogP contribution < -0.4 is 16.4 Å². The highest BCUT2D eigenvalue weighted by molar-refractivity contribution is 5.97. The zero-order valence-electron chi connectivity index (χ0n) is 15.0. The molecule has 4 N–H and O–H groups in total. The lowest BCUT2D eigenvalue weighted by atomic mass is 9.50. The molecule has 1 heterocycles. The number of nitrogens with one attached hydrogen (secondary N) is 2. The quantitative estimate of drug-likeness (QED) is 0.693. The van der Waals surface area contributed by atoms with Crippen LogP contribution in [0.2, 0.25) is 0 Å². The first-order valence-electron chi connectivity index (χ1n) is 9.96. The van der Waals surface area contributed by atoms with Crippen LogP contribution in [0.15, 0.2) is 6.20 Å². The first-order chi connectivity index (χ1) is 12.6. The van der Waals surface area contributed by atoms with E-state index in [9.17, 15) is 4.79 Å². The molecule has 26 heavy (non-hydrogen) atoms. The fraction of sp³-hybridized carbons (Fsp3) is 0.737. The van der Waals surface area contributed by atoms with Gasteiger partial charge in [-0.25, -0.2) is 4.98 Å². The van der Waals surface area contributed by atoms with E-state index in [0.29, 0.717) is 35.6 Å². The number of amides is 1. The second-order valence-electron chi connectivity index (χ2n) is 8.66. The third-order valence-corrected chi connectivity index (χ3v) is 6.39. The molecule has 1 aromatic heterocycles. The van der Waals surface area contributed by atoms with Crippen LogP contribution in [-0.4, -0.2) is 39.7 Å². The predicted molar refractivity (Wildman–Crippen MR) is 98.0 cm³/mol. The van der Waals surface area contributed by atoms with Gasteiger partial charge in [-0.2, -0.15) is 4.98 Å². The first kappa shape index (κ1) is 16.3. The van der Waals surface area contributed by atoms with Crippen LogP contribution in [0.25, 0.3) is 0 Å². The third kappa shape index (κ3) is 3.13. The van der Waals surface area contributed by atoms with Crippen LogP contribution in [-0.2, 0) is 4.74 Å². The molecule has 5 aliphatic carbocycles. The monoisotopic (exact) mass is 357 g/mol. The number of hydrogen-bond donors (Lipinski definition) is 3. The van der Waals surface area contributed by atoms with Gasteiger partial charge in [0.2, 0.25) is 5.95 Å². The molecule has 0 spiro atoms. The van der Waals surface area contributed by atoms with Crippen LogP contribution in [0.4, 0.5) is 11.8 Å². The molecule has 0 aromatic carbocycles. The number of nitrogens with two attached hydrogens (primary N) is 1. The second kappa shape index (κ2) is 6.08. The minimum Gasteiger partial charge on any atom is -0.375 e. The number of nitrogens with zero attached hydrogens (tertiary/aromatic N) is 2. The van der Waals surface area contributed by atoms with E-state index in [1.807, 2.05) is 0 Å². The topological polar surface area (TPSA) is 102 Å². The van der Waals surface area contributed by atoms with Gasteiger partial charge in [0.05, 0.1) is 17.8 Å². The fourth-order valence-electron chi connectivity index (χ4n) is 4.61. The van der Waals surface area contributed by atoms with E-state index in [4.69, 9.17) is 10.5 Å². The SMILES string of the molecule is NC(=O)c1cnc(N[C@H]2CC[C@H](OC3CC3)CC2)nc1NC12CC(C1)C2. The molecule has 0 aliphatic heterocycles. The zero-order chi connectivity index (χ0) is 17.7. The summed E-state index contributed by atoms with van der Waals surface area (Å²) in [7, 11) is 0. The molecule has 1 aromatic rings. The normalized spacial score (nSPS) is 35.2. The first-order valence-corrected chi connectivity index (χ1v) is 9.96. The van der Waals surface area contributed by atoms with Crippen molar-refractivity contribution in [1.29, 1.82) is 0 Å². The number of ether oxygens (including phenoxy) is 1. The van der Waals surface area contributed by atoms with Crippen molar-refractivity contribution >= 4 is 17.7 Å². The number of primary amides is 1. The van der Waals surface area contributed by atoms with Crippen molar-refractivity contribution in [2.75, 3.05) is 10.6 Å². The molecular weight excluding hydrogens is 330 g/mol. The fourth-order valence-corrected chi connectivity index (χ4v) is 4.61. The Morgan fingerprint density at radius 3 is 2.31 bits per heavy atom. The van der Waals surface area contributed by atoms with Gasteiger partial charge in [-0.3, -0.25) is 4.79 Å². The maximum absolute atomic E-state index is 11.7. The number of anilines is 2. The molecule has 1 amide bonds. The Morgan fingerprint density at radius 2 is 1.77 bits per heavy atom. The molecule has 5 fully saturated rings. The van der Waals surface area contributed by atoms with Crippen LogP contribution in [0.5, 0.6) is 0 Å². The number of rotatable bonds is 7. The predicted octanol–water partition coefficient (Wildman–Crippen LogP) is 2.44. The highest BCUT2D eigenvalue weighted by Gasteiger charge is 2.57. The van der Waals surface area contributed by atoms with Gasteiger partial charge >= 0.3 is 0 Å². The highest BCUT2D eigenvalue weighted by atomic mass is 16.5. The van der Waals surface area contributed by atoms with E-state index >= 15 is 0 Å². The molecule has 0 atom stereocenters. The molecule has 140 valence electrons. The van der Waals surface area contributed by atoms with Crippen LogP contribution in [0, 0.1) is 5.92 Å². The average Bonchev–Trinajstić information content (AvgIpc) is 3.36. The van der Waals surface area contributed by atoms with E-state index in [1.165, 1.54) is 32.1 Å². The van der Waals surface area contributed by atoms with Crippen molar-refractivity contribution in [2.24, 2.45) is 11.7 Å². The Hall–Kier alpha value is -1.89. The molecule has 6 rings (SSSR count). The van der Waals surface area contributed by atoms with E-state index in [1.54, 1.807) is 6.20 Å². The van der Waals surface area contributed by atoms with Crippen LogP contribution in [0.3, 0.4) is 0 Å². The maximum Gasteiger partial charge on any atom is 0.254 e. The van der Waals surface area contributed by atoms with Gasteiger partial charge in [0, 0.05) is 17.8 Å². The van der Waals surface area contributed by atoms with E-state index in [2.05, 4.69) is 20.6 Å². The summed E-state index contributed by atoms with van der Waals surface area (Å²) >= 11 is 0. The van der Waals surface area contributed by atoms with Gasteiger partial charge in [-0.05, 0) is 63.7 Å². The van der Waals surface area contributed by atoms with Gasteiger partial charge in [-0.1, -0.05) is 0 Å². The largest absolute Gasteiger partial charge is 0.375 e. The molecule has 5 aliphatic rings. The van der Waals surface area contributed by atoms with Gasteiger partial charge < -0.3 is 21.1 Å². The zero-order valence-corrected chi connectivity index (χ0v) is 15.0. The lowest BCUT2D eigenvalue weighted by Gasteiger charge is -2.62. The van der Waals surface area contributed by atoms with Crippen molar-refractivity contribution < 1.29 is 9.53 Å². The molecule has 0 radical (unpaired) electrons. The molecule has 5 saturated carbocycles. The number of aromatic nitrogens is 2. The van der Waals surface area contributed by atoms with Crippen molar-refractivity contribution in [2.45, 2.75) is 81.6 Å². The summed E-state index contributed by atoms with van der Waals surface area (Å²) in [6, 6.07) is 0.358. The van der Waals surface area contributed by atoms with E-state index in [0.717, 1.165) is 31.6 Å². The van der Waals surface area contributed by atoms with Crippen molar-refractivity contribution in [3.63, 3.8) is 0 Å². The van der Waals surface area contributed by atoms with Gasteiger partial charge in [0.15, 0.2) is 0 Å². The van der Waals surface area contributed by atoms with Crippen molar-refractivity contribution in [3.8, 4) is 0 Å². The lowest BCUT2D eigenvalue weighted by Crippen LogP contribution is -2.63. The molecular formula is C19H27N5O2. The second-order valence-corrected chi connectivity index (χ2v) is 8.66. The summed E-state index contributed by atoms with van der Waals surface area (Å²) in [6.07, 6.45) is 12.8. The molecule has 7 nitrogen and oxygen atoms in total. The van der Waals surface area contributed by atoms with E-state index in [-0.39, 0.29) is 5.54 Å². The number of carbonyl (C=O) groups is 1. The summed E-state index contributed by atoms with van der Waals surface area (Å²) in [4.78, 5) is 20.6. The van der Waals surface area contributed by atoms with Crippen molar-refractivity contribution in [1.82, 2.24) is 9.97 Å². The number of hydrogen-bond acceptors (Lipinski definition) is 6. The van der Waals surface area contributed by atoms with Gasteiger partial charge in [0.1, 0.15) is 5.82 Å². The minimum absolute atomic E-state index is 0.138. The summed E-state index contributed by atoms with van der Waals surface area (Å²) < 4.78 is 6.02. The Balaban J connectivity index is 1.23. The standard InChI is InChI=1S/C19H27N5O2/c20-16(25)15-10-21-18(23-17(15)24-19-7-11(8-19)9-19)22-12-1-3-13(4-2-12)26-14-5-6-14/h10-14H,1-9H2,(H2,20,25)(H2,21,22,23,24)/t11?,12-,13-,19?. The summed E-state index contributed by atoms with van der Waals surface area (Å²) in [5.74, 6) is 1.53. The third-order valence-electron chi connectivity index (χ3n) is 6.39. The summed E-state index contributed by atoms with van der Waals surface area (Å²) in [6.45, 7) is 0. The van der Waals surface area contributed by atoms with Crippen LogP contribution in [0.1, 0.15) is 68.1 Å². The molecule has 2 bridgehead atoms. The van der Waals surface area contributed by atoms with Crippen molar-refractivity contribution in [3.05, 3.63) is 11.8 Å². The average molecular weight is 357 g/mol. The highest BCUT2D eigenvalue weighted by Crippen LogP contribution is 2.58. The van der Waals surface area contributed by atoms with Crippen LogP contribution >= 0.6 is 0 Å². The number of carbonyl (C=O) groups excluding carboxylic acids is 1. The van der Waals surface area contributed by atoms with Gasteiger partial charge in [0.25, 0.3) is 5.91 Å². The van der Waals surface area contributed by atoms with Gasteiger partial charge in [-0.15, -0.1) is 0 Å². The molecule has 0 saturated heterocycles. The minimum atomic E-state index is -0.483. The Morgan fingerprint density at radius 1 is 1.12 bits per heavy atom. The lowest BCUT2D eigenvalue weighted by molar-refractivity contribution is 0.00176. The molecule has 7 heteroatoms. The smallest absolute Gasteiger partial charge is 0.254 e. The molecule has 0 unspecified atom stereocenters. The Bertz CT molecular complexity index is 695. The maximum atomic E-state index is 11.7.